The predicted octanol–water partition coefficient (Wildman–Crippen LogP) is 1.04. The lowest BCUT2D eigenvalue weighted by atomic mass is 10.0. The van der Waals surface area contributed by atoms with Gasteiger partial charge in [0.25, 0.3) is 0 Å². The highest BCUT2D eigenvalue weighted by Crippen LogP contribution is 2.37. The standard InChI is InChI=1S/C14H22N4O2/c1-10-15-13(18(16-10)8-9-19)12-4-2-3-7-17(12)14(20)11-5-6-11/h11-12,19H,2-9H2,1H3/t12-/m1/s1. The summed E-state index contributed by atoms with van der Waals surface area (Å²) in [5.74, 6) is 2.07. The van der Waals surface area contributed by atoms with E-state index in [1.54, 1.807) is 4.68 Å². The van der Waals surface area contributed by atoms with Crippen molar-refractivity contribution in [1.29, 1.82) is 0 Å². The predicted molar refractivity (Wildman–Crippen MR) is 72.9 cm³/mol. The fraction of sp³-hybridized carbons (Fsp3) is 0.786. The highest BCUT2D eigenvalue weighted by Gasteiger charge is 2.39. The summed E-state index contributed by atoms with van der Waals surface area (Å²) in [5.41, 5.74) is 0. The number of piperidine rings is 1. The largest absolute Gasteiger partial charge is 0.394 e. The van der Waals surface area contributed by atoms with Crippen LogP contribution in [0.2, 0.25) is 0 Å². The minimum Gasteiger partial charge on any atom is -0.394 e. The smallest absolute Gasteiger partial charge is 0.226 e. The topological polar surface area (TPSA) is 71.2 Å². The summed E-state index contributed by atoms with van der Waals surface area (Å²) in [6.07, 6.45) is 5.20. The van der Waals surface area contributed by atoms with Crippen LogP contribution in [-0.2, 0) is 11.3 Å². The van der Waals surface area contributed by atoms with Gasteiger partial charge in [-0.25, -0.2) is 9.67 Å². The Morgan fingerprint density at radius 2 is 2.15 bits per heavy atom. The number of aromatic nitrogens is 3. The van der Waals surface area contributed by atoms with Crippen molar-refractivity contribution in [2.45, 2.75) is 51.6 Å². The minimum absolute atomic E-state index is 0.0320. The molecule has 110 valence electrons. The van der Waals surface area contributed by atoms with E-state index in [0.29, 0.717) is 12.4 Å². The van der Waals surface area contributed by atoms with Gasteiger partial charge >= 0.3 is 0 Å². The number of carbonyl (C=O) groups is 1. The Morgan fingerprint density at radius 1 is 1.35 bits per heavy atom. The van der Waals surface area contributed by atoms with Gasteiger partial charge in [0.1, 0.15) is 11.6 Å². The lowest BCUT2D eigenvalue weighted by molar-refractivity contribution is -0.136. The van der Waals surface area contributed by atoms with Gasteiger partial charge in [-0.05, 0) is 39.0 Å². The fourth-order valence-corrected chi connectivity index (χ4v) is 3.01. The van der Waals surface area contributed by atoms with Crippen molar-refractivity contribution in [3.63, 3.8) is 0 Å². The summed E-state index contributed by atoms with van der Waals surface area (Å²) in [5, 5.41) is 13.5. The lowest BCUT2D eigenvalue weighted by Crippen LogP contribution is -2.40. The van der Waals surface area contributed by atoms with Crippen LogP contribution in [0.15, 0.2) is 0 Å². The SMILES string of the molecule is Cc1nc([C@H]2CCCCN2C(=O)C2CC2)n(CCO)n1. The van der Waals surface area contributed by atoms with Crippen LogP contribution in [0.3, 0.4) is 0 Å². The number of hydrogen-bond donors (Lipinski definition) is 1. The Morgan fingerprint density at radius 3 is 2.85 bits per heavy atom. The summed E-state index contributed by atoms with van der Waals surface area (Å²) in [6.45, 7) is 3.16. The van der Waals surface area contributed by atoms with Gasteiger partial charge in [-0.15, -0.1) is 0 Å². The number of likely N-dealkylation sites (tertiary alicyclic amines) is 1. The highest BCUT2D eigenvalue weighted by molar-refractivity contribution is 5.81. The molecule has 1 atom stereocenters. The molecule has 6 nitrogen and oxygen atoms in total. The van der Waals surface area contributed by atoms with Gasteiger partial charge in [0.05, 0.1) is 19.2 Å². The number of carbonyl (C=O) groups excluding carboxylic acids is 1. The summed E-state index contributed by atoms with van der Waals surface area (Å²) in [4.78, 5) is 18.9. The second-order valence-corrected chi connectivity index (χ2v) is 5.78. The first-order chi connectivity index (χ1) is 9.70. The Balaban J connectivity index is 1.86. The highest BCUT2D eigenvalue weighted by atomic mass is 16.3. The van der Waals surface area contributed by atoms with E-state index >= 15 is 0 Å². The first-order valence-electron chi connectivity index (χ1n) is 7.53. The van der Waals surface area contributed by atoms with Crippen molar-refractivity contribution in [3.05, 3.63) is 11.6 Å². The lowest BCUT2D eigenvalue weighted by Gasteiger charge is -2.35. The molecule has 1 saturated carbocycles. The van der Waals surface area contributed by atoms with Crippen molar-refractivity contribution in [3.8, 4) is 0 Å². The molecule has 1 aliphatic heterocycles. The van der Waals surface area contributed by atoms with Crippen LogP contribution in [0, 0.1) is 12.8 Å². The third-order valence-electron chi connectivity index (χ3n) is 4.13. The number of aliphatic hydroxyl groups is 1. The molecule has 1 aliphatic carbocycles. The van der Waals surface area contributed by atoms with E-state index < -0.39 is 0 Å². The molecular weight excluding hydrogens is 256 g/mol. The van der Waals surface area contributed by atoms with Crippen molar-refractivity contribution < 1.29 is 9.90 Å². The molecule has 2 fully saturated rings. The van der Waals surface area contributed by atoms with Gasteiger partial charge in [-0.3, -0.25) is 4.79 Å². The van der Waals surface area contributed by atoms with Crippen LogP contribution in [-0.4, -0.2) is 43.8 Å². The van der Waals surface area contributed by atoms with Crippen LogP contribution < -0.4 is 0 Å². The average molecular weight is 278 g/mol. The minimum atomic E-state index is 0.0320. The molecule has 1 aromatic rings. The van der Waals surface area contributed by atoms with Crippen LogP contribution in [0.5, 0.6) is 0 Å². The molecule has 6 heteroatoms. The maximum absolute atomic E-state index is 12.4. The molecule has 0 unspecified atom stereocenters. The molecule has 1 N–H and O–H groups in total. The molecule has 0 aromatic carbocycles. The molecule has 0 radical (unpaired) electrons. The van der Waals surface area contributed by atoms with Crippen molar-refractivity contribution in [2.24, 2.45) is 5.92 Å². The van der Waals surface area contributed by atoms with E-state index in [-0.39, 0.29) is 24.5 Å². The van der Waals surface area contributed by atoms with Gasteiger partial charge < -0.3 is 10.0 Å². The molecule has 0 bridgehead atoms. The van der Waals surface area contributed by atoms with E-state index in [9.17, 15) is 4.79 Å². The summed E-state index contributed by atoms with van der Waals surface area (Å²) in [6, 6.07) is 0.0320. The van der Waals surface area contributed by atoms with Gasteiger partial charge in [-0.1, -0.05) is 0 Å². The van der Waals surface area contributed by atoms with Crippen molar-refractivity contribution >= 4 is 5.91 Å². The monoisotopic (exact) mass is 278 g/mol. The number of nitrogens with zero attached hydrogens (tertiary/aromatic N) is 4. The second-order valence-electron chi connectivity index (χ2n) is 5.78. The normalized spacial score (nSPS) is 23.1. The molecule has 1 amide bonds. The Kier molecular flexibility index (Phi) is 3.74. The summed E-state index contributed by atoms with van der Waals surface area (Å²) >= 11 is 0. The van der Waals surface area contributed by atoms with Gasteiger partial charge in [0, 0.05) is 12.5 Å². The number of aryl methyl sites for hydroxylation is 1. The van der Waals surface area contributed by atoms with Crippen LogP contribution in [0.25, 0.3) is 0 Å². The van der Waals surface area contributed by atoms with E-state index in [1.807, 2.05) is 11.8 Å². The Labute approximate surface area is 118 Å². The van der Waals surface area contributed by atoms with Crippen LogP contribution >= 0.6 is 0 Å². The van der Waals surface area contributed by atoms with Crippen molar-refractivity contribution in [2.75, 3.05) is 13.2 Å². The molecule has 1 aromatic heterocycles. The maximum Gasteiger partial charge on any atom is 0.226 e. The zero-order valence-electron chi connectivity index (χ0n) is 12.0. The summed E-state index contributed by atoms with van der Waals surface area (Å²) in [7, 11) is 0. The Hall–Kier alpha value is -1.43. The fourth-order valence-electron chi connectivity index (χ4n) is 3.01. The first kappa shape index (κ1) is 13.5. The molecule has 1 saturated heterocycles. The Bertz CT molecular complexity index is 495. The van der Waals surface area contributed by atoms with Gasteiger partial charge in [0.15, 0.2) is 0 Å². The van der Waals surface area contributed by atoms with Gasteiger partial charge in [-0.2, -0.15) is 5.10 Å². The number of hydrogen-bond acceptors (Lipinski definition) is 4. The number of rotatable bonds is 4. The molecule has 2 aliphatic rings. The molecule has 2 heterocycles. The maximum atomic E-state index is 12.4. The zero-order valence-corrected chi connectivity index (χ0v) is 12.0. The third-order valence-corrected chi connectivity index (χ3v) is 4.13. The molecule has 0 spiro atoms. The molecular formula is C14H22N4O2. The third kappa shape index (κ3) is 2.57. The van der Waals surface area contributed by atoms with E-state index in [0.717, 1.165) is 44.5 Å². The van der Waals surface area contributed by atoms with E-state index in [2.05, 4.69) is 10.1 Å². The van der Waals surface area contributed by atoms with E-state index in [4.69, 9.17) is 5.11 Å². The summed E-state index contributed by atoms with van der Waals surface area (Å²) < 4.78 is 1.76. The number of aliphatic hydroxyl groups excluding tert-OH is 1. The average Bonchev–Trinajstić information content (AvgIpc) is 3.23. The first-order valence-corrected chi connectivity index (χ1v) is 7.53. The van der Waals surface area contributed by atoms with Gasteiger partial charge in [0.2, 0.25) is 5.91 Å². The van der Waals surface area contributed by atoms with Crippen LogP contribution in [0.1, 0.15) is 49.8 Å². The second kappa shape index (κ2) is 5.52. The van der Waals surface area contributed by atoms with Crippen molar-refractivity contribution in [1.82, 2.24) is 19.7 Å². The quantitative estimate of drug-likeness (QED) is 0.893. The van der Waals surface area contributed by atoms with E-state index in [1.165, 1.54) is 0 Å². The number of amides is 1. The zero-order chi connectivity index (χ0) is 14.1. The molecule has 3 rings (SSSR count). The molecule has 20 heavy (non-hydrogen) atoms. The van der Waals surface area contributed by atoms with Crippen LogP contribution in [0.4, 0.5) is 0 Å².